The molecule has 0 radical (unpaired) electrons. The van der Waals surface area contributed by atoms with Gasteiger partial charge in [0.1, 0.15) is 5.56 Å². The first kappa shape index (κ1) is 19.8. The van der Waals surface area contributed by atoms with Crippen LogP contribution in [0.15, 0.2) is 23.0 Å². The van der Waals surface area contributed by atoms with Gasteiger partial charge in [0.15, 0.2) is 11.5 Å². The number of carbonyl (C=O) groups excluding carboxylic acids is 1. The fraction of sp³-hybridized carbons (Fsp3) is 0.565. The van der Waals surface area contributed by atoms with Crippen molar-refractivity contribution in [3.63, 3.8) is 0 Å². The Morgan fingerprint density at radius 2 is 1.90 bits per heavy atom. The summed E-state index contributed by atoms with van der Waals surface area (Å²) in [6.45, 7) is 3.24. The number of methoxy groups -OCH3 is 1. The van der Waals surface area contributed by atoms with E-state index in [2.05, 4.69) is 12.2 Å². The van der Waals surface area contributed by atoms with E-state index >= 15 is 0 Å². The summed E-state index contributed by atoms with van der Waals surface area (Å²) in [5.74, 6) is 0.929. The molecular formula is C23H30N2O4. The molecule has 6 heteroatoms. The maximum absolute atomic E-state index is 13.4. The van der Waals surface area contributed by atoms with Crippen molar-refractivity contribution in [2.45, 2.75) is 70.4 Å². The molecule has 156 valence electrons. The average molecular weight is 399 g/mol. The minimum absolute atomic E-state index is 0.208. The lowest BCUT2D eigenvalue weighted by molar-refractivity contribution is 0.0880. The van der Waals surface area contributed by atoms with Crippen LogP contribution in [0.4, 0.5) is 0 Å². The van der Waals surface area contributed by atoms with Gasteiger partial charge in [-0.15, -0.1) is 0 Å². The first-order valence-corrected chi connectivity index (χ1v) is 10.7. The minimum atomic E-state index is -0.275. The summed E-state index contributed by atoms with van der Waals surface area (Å²) in [6.07, 6.45) is 8.10. The number of rotatable bonds is 3. The van der Waals surface area contributed by atoms with Gasteiger partial charge < -0.3 is 19.4 Å². The molecule has 1 aliphatic heterocycles. The van der Waals surface area contributed by atoms with Gasteiger partial charge in [-0.2, -0.15) is 0 Å². The number of ether oxygens (including phenoxy) is 2. The molecular weight excluding hydrogens is 368 g/mol. The summed E-state index contributed by atoms with van der Waals surface area (Å²) in [4.78, 5) is 26.5. The van der Waals surface area contributed by atoms with Crippen LogP contribution in [0.3, 0.4) is 0 Å². The molecule has 0 atom stereocenters. The number of benzene rings is 1. The van der Waals surface area contributed by atoms with E-state index in [1.165, 1.54) is 6.42 Å². The second-order valence-corrected chi connectivity index (χ2v) is 8.53. The first-order valence-electron chi connectivity index (χ1n) is 10.7. The number of pyridine rings is 1. The van der Waals surface area contributed by atoms with Crippen molar-refractivity contribution >= 4 is 16.8 Å². The molecule has 6 nitrogen and oxygen atoms in total. The fourth-order valence-electron chi connectivity index (χ4n) is 4.62. The lowest BCUT2D eigenvalue weighted by Crippen LogP contribution is -2.48. The van der Waals surface area contributed by atoms with Gasteiger partial charge in [0.2, 0.25) is 0 Å². The van der Waals surface area contributed by atoms with E-state index in [1.807, 2.05) is 12.1 Å². The third kappa shape index (κ3) is 3.85. The van der Waals surface area contributed by atoms with Crippen molar-refractivity contribution in [3.05, 3.63) is 34.1 Å². The molecule has 1 saturated carbocycles. The van der Waals surface area contributed by atoms with Crippen molar-refractivity contribution in [2.24, 2.45) is 0 Å². The third-order valence-corrected chi connectivity index (χ3v) is 6.28. The molecule has 1 amide bonds. The zero-order valence-corrected chi connectivity index (χ0v) is 17.4. The Hall–Kier alpha value is -2.50. The second kappa shape index (κ2) is 8.09. The quantitative estimate of drug-likeness (QED) is 0.848. The van der Waals surface area contributed by atoms with Crippen molar-refractivity contribution in [2.75, 3.05) is 13.7 Å². The molecule has 2 heterocycles. The highest BCUT2D eigenvalue weighted by molar-refractivity contribution is 5.99. The monoisotopic (exact) mass is 398 g/mol. The van der Waals surface area contributed by atoms with Crippen LogP contribution in [0.1, 0.15) is 68.6 Å². The van der Waals surface area contributed by atoms with Gasteiger partial charge in [-0.05, 0) is 57.2 Å². The highest BCUT2D eigenvalue weighted by atomic mass is 16.5. The van der Waals surface area contributed by atoms with Crippen LogP contribution in [0.2, 0.25) is 0 Å². The molecule has 1 aliphatic carbocycles. The number of amides is 1. The first-order chi connectivity index (χ1) is 14.0. The number of hydrogen-bond donors (Lipinski definition) is 1. The molecule has 1 fully saturated rings. The molecule has 29 heavy (non-hydrogen) atoms. The third-order valence-electron chi connectivity index (χ3n) is 6.28. The largest absolute Gasteiger partial charge is 0.493 e. The fourth-order valence-corrected chi connectivity index (χ4v) is 4.62. The van der Waals surface area contributed by atoms with E-state index in [0.717, 1.165) is 55.8 Å². The van der Waals surface area contributed by atoms with E-state index in [-0.39, 0.29) is 22.6 Å². The number of nitrogens with one attached hydrogen (secondary N) is 1. The van der Waals surface area contributed by atoms with Crippen molar-refractivity contribution < 1.29 is 14.3 Å². The number of aryl methyl sites for hydroxylation is 1. The Bertz CT molecular complexity index is 973. The molecule has 1 aromatic heterocycles. The standard InChI is InChI=1S/C23H30N2O4/c1-23(11-5-3-6-12-23)24-21(26)17-15-16-9-10-18(28-2)20-19(16)25(22(17)27)13-7-4-8-14-29-20/h9-10,15H,3-8,11-14H2,1-2H3,(H,24,26). The molecule has 2 aromatic rings. The Morgan fingerprint density at radius 1 is 1.14 bits per heavy atom. The van der Waals surface area contributed by atoms with Crippen LogP contribution < -0.4 is 20.3 Å². The van der Waals surface area contributed by atoms with Gasteiger partial charge in [0.05, 0.1) is 19.2 Å². The lowest BCUT2D eigenvalue weighted by Gasteiger charge is -2.34. The van der Waals surface area contributed by atoms with Gasteiger partial charge >= 0.3 is 0 Å². The lowest BCUT2D eigenvalue weighted by atomic mass is 9.83. The van der Waals surface area contributed by atoms with E-state index in [9.17, 15) is 9.59 Å². The Labute approximate surface area is 171 Å². The molecule has 0 bridgehead atoms. The molecule has 0 unspecified atom stereocenters. The van der Waals surface area contributed by atoms with Gasteiger partial charge in [-0.3, -0.25) is 9.59 Å². The Kier molecular flexibility index (Phi) is 5.52. The zero-order chi connectivity index (χ0) is 20.4. The smallest absolute Gasteiger partial charge is 0.264 e. The number of nitrogens with zero attached hydrogens (tertiary/aromatic N) is 1. The summed E-state index contributed by atoms with van der Waals surface area (Å²) in [5, 5.41) is 3.98. The van der Waals surface area contributed by atoms with Gasteiger partial charge in [-0.1, -0.05) is 19.3 Å². The second-order valence-electron chi connectivity index (χ2n) is 8.53. The van der Waals surface area contributed by atoms with E-state index in [0.29, 0.717) is 24.7 Å². The minimum Gasteiger partial charge on any atom is -0.493 e. The van der Waals surface area contributed by atoms with Crippen LogP contribution in [0.25, 0.3) is 10.9 Å². The molecule has 0 saturated heterocycles. The normalized spacial score (nSPS) is 18.8. The van der Waals surface area contributed by atoms with Crippen LogP contribution in [-0.4, -0.2) is 29.7 Å². The van der Waals surface area contributed by atoms with E-state index < -0.39 is 0 Å². The summed E-state index contributed by atoms with van der Waals surface area (Å²) >= 11 is 0. The van der Waals surface area contributed by atoms with Crippen LogP contribution >= 0.6 is 0 Å². The predicted octanol–water partition coefficient (Wildman–Crippen LogP) is 4.03. The molecule has 2 aliphatic rings. The van der Waals surface area contributed by atoms with Gasteiger partial charge in [0, 0.05) is 17.5 Å². The number of hydrogen-bond acceptors (Lipinski definition) is 4. The molecule has 1 N–H and O–H groups in total. The summed E-state index contributed by atoms with van der Waals surface area (Å²) in [5.41, 5.74) is 0.435. The highest BCUT2D eigenvalue weighted by Gasteiger charge is 2.30. The molecule has 4 rings (SSSR count). The van der Waals surface area contributed by atoms with Crippen molar-refractivity contribution in [1.82, 2.24) is 9.88 Å². The van der Waals surface area contributed by atoms with Crippen LogP contribution in [0, 0.1) is 0 Å². The Morgan fingerprint density at radius 3 is 2.66 bits per heavy atom. The highest BCUT2D eigenvalue weighted by Crippen LogP contribution is 2.36. The summed E-state index contributed by atoms with van der Waals surface area (Å²) < 4.78 is 13.2. The zero-order valence-electron chi connectivity index (χ0n) is 17.4. The summed E-state index contributed by atoms with van der Waals surface area (Å²) in [7, 11) is 1.60. The SMILES string of the molecule is COc1ccc2cc(C(=O)NC3(C)CCCCC3)c(=O)n3c2c1OCCCCC3. The summed E-state index contributed by atoms with van der Waals surface area (Å²) in [6, 6.07) is 5.45. The number of aromatic nitrogens is 1. The molecule has 1 aromatic carbocycles. The van der Waals surface area contributed by atoms with E-state index in [4.69, 9.17) is 9.47 Å². The van der Waals surface area contributed by atoms with Crippen LogP contribution in [-0.2, 0) is 6.54 Å². The average Bonchev–Trinajstić information content (AvgIpc) is 2.82. The molecule has 0 spiro atoms. The van der Waals surface area contributed by atoms with Crippen molar-refractivity contribution in [1.29, 1.82) is 0 Å². The van der Waals surface area contributed by atoms with E-state index in [1.54, 1.807) is 17.7 Å². The van der Waals surface area contributed by atoms with Crippen LogP contribution in [0.5, 0.6) is 11.5 Å². The number of carbonyl (C=O) groups is 1. The van der Waals surface area contributed by atoms with Gasteiger partial charge in [-0.25, -0.2) is 0 Å². The Balaban J connectivity index is 1.82. The van der Waals surface area contributed by atoms with Gasteiger partial charge in [0.25, 0.3) is 11.5 Å². The maximum Gasteiger partial charge on any atom is 0.264 e. The predicted molar refractivity (Wildman–Crippen MR) is 113 cm³/mol. The van der Waals surface area contributed by atoms with Crippen molar-refractivity contribution in [3.8, 4) is 11.5 Å². The maximum atomic E-state index is 13.4. The topological polar surface area (TPSA) is 69.6 Å².